The molecule has 0 saturated heterocycles. The van der Waals surface area contributed by atoms with Gasteiger partial charge in [-0.1, -0.05) is 0 Å². The first kappa shape index (κ1) is 28.4. The van der Waals surface area contributed by atoms with E-state index in [2.05, 4.69) is 0 Å². The third kappa shape index (κ3) is 9.24. The maximum absolute atomic E-state index is 8.50. The molecule has 0 rings (SSSR count). The second kappa shape index (κ2) is 15.6. The van der Waals surface area contributed by atoms with Crippen LogP contribution in [0.15, 0.2) is 0 Å². The van der Waals surface area contributed by atoms with Crippen LogP contribution in [0.3, 0.4) is 0 Å². The van der Waals surface area contributed by atoms with Gasteiger partial charge in [-0.15, -0.1) is 24.8 Å². The first-order chi connectivity index (χ1) is 8.49. The first-order valence-corrected chi connectivity index (χ1v) is 5.36. The van der Waals surface area contributed by atoms with Crippen molar-refractivity contribution in [3.63, 3.8) is 0 Å². The summed E-state index contributed by atoms with van der Waals surface area (Å²) in [6, 6.07) is 0. The summed E-state index contributed by atoms with van der Waals surface area (Å²) in [6.07, 6.45) is 0. The van der Waals surface area contributed by atoms with Gasteiger partial charge in [0, 0.05) is 0 Å². The van der Waals surface area contributed by atoms with Gasteiger partial charge in [-0.05, 0) is 0 Å². The van der Waals surface area contributed by atoms with Gasteiger partial charge in [0.2, 0.25) is 0 Å². The minimum atomic E-state index is -1.11. The van der Waals surface area contributed by atoms with Crippen LogP contribution >= 0.6 is 24.8 Å². The summed E-state index contributed by atoms with van der Waals surface area (Å²) in [5.74, 6) is 0. The van der Waals surface area contributed by atoms with Crippen LogP contribution in [0.2, 0.25) is 0 Å². The molecule has 0 aromatic carbocycles. The van der Waals surface area contributed by atoms with Gasteiger partial charge in [-0.25, -0.2) is 0 Å². The van der Waals surface area contributed by atoms with Gasteiger partial charge in [0.15, 0.2) is 0 Å². The van der Waals surface area contributed by atoms with Crippen molar-refractivity contribution in [2.75, 3.05) is 52.9 Å². The van der Waals surface area contributed by atoms with Crippen molar-refractivity contribution < 1.29 is 40.9 Å². The average molecular weight is 345 g/mol. The molecular formula is C10H26Cl2O8. The number of hydrogen-bond acceptors (Lipinski definition) is 8. The average Bonchev–Trinajstić information content (AvgIpc) is 2.46. The molecule has 0 saturated carbocycles. The fourth-order valence-corrected chi connectivity index (χ4v) is 0.600. The minimum Gasteiger partial charge on any atom is -0.396 e. The molecule has 0 heterocycles. The van der Waals surface area contributed by atoms with E-state index < -0.39 is 63.7 Å². The number of hydrogen-bond donors (Lipinski definition) is 8. The molecule has 0 aliphatic heterocycles. The van der Waals surface area contributed by atoms with E-state index >= 15 is 0 Å². The Kier molecular flexibility index (Phi) is 22.2. The van der Waals surface area contributed by atoms with Crippen molar-refractivity contribution in [1.29, 1.82) is 0 Å². The van der Waals surface area contributed by atoms with E-state index in [0.717, 1.165) is 0 Å². The highest BCUT2D eigenvalue weighted by molar-refractivity contribution is 5.85. The van der Waals surface area contributed by atoms with Crippen molar-refractivity contribution in [3.05, 3.63) is 0 Å². The molecule has 8 N–H and O–H groups in total. The van der Waals surface area contributed by atoms with Gasteiger partial charge >= 0.3 is 0 Å². The molecule has 10 heteroatoms. The van der Waals surface area contributed by atoms with E-state index in [-0.39, 0.29) is 24.8 Å². The van der Waals surface area contributed by atoms with E-state index in [1.54, 1.807) is 0 Å². The zero-order valence-electron chi connectivity index (χ0n) is 11.1. The topological polar surface area (TPSA) is 162 Å². The molecular weight excluding hydrogens is 319 g/mol. The van der Waals surface area contributed by atoms with Crippen LogP contribution in [0.4, 0.5) is 0 Å². The molecule has 0 radical (unpaired) electrons. The molecule has 0 amide bonds. The summed E-state index contributed by atoms with van der Waals surface area (Å²) in [4.78, 5) is 0. The van der Waals surface area contributed by atoms with Crippen LogP contribution < -0.4 is 0 Å². The number of aliphatic hydroxyl groups excluding tert-OH is 8. The van der Waals surface area contributed by atoms with E-state index in [1.165, 1.54) is 0 Å². The second-order valence-electron chi connectivity index (χ2n) is 4.26. The SMILES string of the molecule is Cl.Cl.OCC(CO)(CO)CO.OCC(CO)(CO)CO. The molecule has 128 valence electrons. The highest BCUT2D eigenvalue weighted by atomic mass is 35.5. The molecule has 0 aromatic rings. The Morgan fingerprint density at radius 2 is 0.450 bits per heavy atom. The van der Waals surface area contributed by atoms with Crippen molar-refractivity contribution in [3.8, 4) is 0 Å². The number of aliphatic hydroxyl groups is 8. The highest BCUT2D eigenvalue weighted by Gasteiger charge is 2.27. The molecule has 0 bridgehead atoms. The zero-order chi connectivity index (χ0) is 14.7. The Bertz CT molecular complexity index is 133. The Labute approximate surface area is 130 Å². The van der Waals surface area contributed by atoms with E-state index in [1.807, 2.05) is 0 Å². The van der Waals surface area contributed by atoms with Crippen molar-refractivity contribution in [1.82, 2.24) is 0 Å². The standard InChI is InChI=1S/2C5H12O4.2ClH/c2*6-1-5(2-7,3-8)4-9;;/h2*6-9H,1-4H2;2*1H. The van der Waals surface area contributed by atoms with E-state index in [4.69, 9.17) is 40.9 Å². The van der Waals surface area contributed by atoms with Gasteiger partial charge in [-0.2, -0.15) is 0 Å². The van der Waals surface area contributed by atoms with Gasteiger partial charge in [-0.3, -0.25) is 0 Å². The predicted molar refractivity (Wildman–Crippen MR) is 76.0 cm³/mol. The fourth-order valence-electron chi connectivity index (χ4n) is 0.600. The zero-order valence-corrected chi connectivity index (χ0v) is 12.7. The lowest BCUT2D eigenvalue weighted by Crippen LogP contribution is -2.37. The Morgan fingerprint density at radius 1 is 0.350 bits per heavy atom. The molecule has 0 aliphatic rings. The molecule has 8 nitrogen and oxygen atoms in total. The largest absolute Gasteiger partial charge is 0.396 e. The van der Waals surface area contributed by atoms with Crippen LogP contribution in [0, 0.1) is 10.8 Å². The smallest absolute Gasteiger partial charge is 0.0627 e. The summed E-state index contributed by atoms with van der Waals surface area (Å²) in [6.45, 7) is -3.25. The van der Waals surface area contributed by atoms with Crippen molar-refractivity contribution in [2.24, 2.45) is 10.8 Å². The third-order valence-electron chi connectivity index (χ3n) is 2.68. The highest BCUT2D eigenvalue weighted by Crippen LogP contribution is 2.12. The molecule has 0 atom stereocenters. The molecule has 20 heavy (non-hydrogen) atoms. The van der Waals surface area contributed by atoms with Gasteiger partial charge in [0.1, 0.15) is 0 Å². The summed E-state index contributed by atoms with van der Waals surface area (Å²) in [7, 11) is 0. The summed E-state index contributed by atoms with van der Waals surface area (Å²) in [5, 5.41) is 68.0. The molecule has 0 aliphatic carbocycles. The quantitative estimate of drug-likeness (QED) is 0.227. The van der Waals surface area contributed by atoms with E-state index in [9.17, 15) is 0 Å². The van der Waals surface area contributed by atoms with Crippen LogP contribution in [-0.2, 0) is 0 Å². The normalized spacial score (nSPS) is 10.8. The van der Waals surface area contributed by atoms with Crippen molar-refractivity contribution in [2.45, 2.75) is 0 Å². The maximum Gasteiger partial charge on any atom is 0.0627 e. The number of halogens is 2. The molecule has 0 unspecified atom stereocenters. The Hall–Kier alpha value is 0.260. The van der Waals surface area contributed by atoms with Gasteiger partial charge in [0.05, 0.1) is 63.7 Å². The lowest BCUT2D eigenvalue weighted by Gasteiger charge is -2.23. The third-order valence-corrected chi connectivity index (χ3v) is 2.68. The van der Waals surface area contributed by atoms with Gasteiger partial charge < -0.3 is 40.9 Å². The monoisotopic (exact) mass is 344 g/mol. The van der Waals surface area contributed by atoms with Crippen LogP contribution in [0.25, 0.3) is 0 Å². The van der Waals surface area contributed by atoms with Crippen LogP contribution in [0.1, 0.15) is 0 Å². The first-order valence-electron chi connectivity index (χ1n) is 5.36. The second-order valence-corrected chi connectivity index (χ2v) is 4.26. The molecule has 0 fully saturated rings. The van der Waals surface area contributed by atoms with E-state index in [0.29, 0.717) is 0 Å². The molecule has 0 aromatic heterocycles. The Balaban J connectivity index is -0.000000116. The summed E-state index contributed by atoms with van der Waals surface area (Å²) in [5.41, 5.74) is -2.22. The lowest BCUT2D eigenvalue weighted by molar-refractivity contribution is -0.0332. The maximum atomic E-state index is 8.50. The summed E-state index contributed by atoms with van der Waals surface area (Å²) >= 11 is 0. The number of rotatable bonds is 8. The Morgan fingerprint density at radius 3 is 0.450 bits per heavy atom. The minimum absolute atomic E-state index is 0. The van der Waals surface area contributed by atoms with Gasteiger partial charge in [0.25, 0.3) is 0 Å². The fraction of sp³-hybridized carbons (Fsp3) is 1.00. The van der Waals surface area contributed by atoms with Crippen molar-refractivity contribution >= 4 is 24.8 Å². The van der Waals surface area contributed by atoms with Crippen LogP contribution in [0.5, 0.6) is 0 Å². The molecule has 0 spiro atoms. The predicted octanol–water partition coefficient (Wildman–Crippen LogP) is -3.27. The van der Waals surface area contributed by atoms with Crippen LogP contribution in [-0.4, -0.2) is 93.7 Å². The summed E-state index contributed by atoms with van der Waals surface area (Å²) < 4.78 is 0. The lowest BCUT2D eigenvalue weighted by atomic mass is 9.93.